The summed E-state index contributed by atoms with van der Waals surface area (Å²) >= 11 is 0. The molecule has 1 saturated carbocycles. The normalized spacial score (nSPS) is 14.2. The topological polar surface area (TPSA) is 89.7 Å². The zero-order valence-corrected chi connectivity index (χ0v) is 20.6. The number of amides is 1. The number of carbonyl (C=O) groups excluding carboxylic acids is 1. The van der Waals surface area contributed by atoms with Gasteiger partial charge in [-0.25, -0.2) is 9.97 Å². The maximum Gasteiger partial charge on any atom is 0.255 e. The van der Waals surface area contributed by atoms with E-state index in [-0.39, 0.29) is 5.91 Å². The summed E-state index contributed by atoms with van der Waals surface area (Å²) in [5, 5.41) is 3.03. The van der Waals surface area contributed by atoms with Crippen molar-refractivity contribution in [1.82, 2.24) is 24.8 Å². The highest BCUT2D eigenvalue weighted by molar-refractivity contribution is 6.04. The van der Waals surface area contributed by atoms with Crippen LogP contribution in [0.4, 0.5) is 5.69 Å². The molecule has 0 saturated heterocycles. The van der Waals surface area contributed by atoms with Crippen LogP contribution >= 0.6 is 0 Å². The van der Waals surface area contributed by atoms with Gasteiger partial charge in [-0.1, -0.05) is 56.4 Å². The van der Waals surface area contributed by atoms with E-state index in [0.29, 0.717) is 25.2 Å². The summed E-state index contributed by atoms with van der Waals surface area (Å²) in [6, 6.07) is 16.1. The predicted octanol–water partition coefficient (Wildman–Crippen LogP) is 5.71. The number of rotatable bonds is 10. The van der Waals surface area contributed by atoms with Gasteiger partial charge in [-0.15, -0.1) is 0 Å². The molecule has 0 bridgehead atoms. The highest BCUT2D eigenvalue weighted by Gasteiger charge is 2.15. The quantitative estimate of drug-likeness (QED) is 0.270. The molecule has 2 aromatic heterocycles. The molecule has 186 valence electrons. The Balaban J connectivity index is 1.17. The van der Waals surface area contributed by atoms with Gasteiger partial charge in [0.05, 0.1) is 13.1 Å². The van der Waals surface area contributed by atoms with E-state index < -0.39 is 0 Å². The second-order valence-electron chi connectivity index (χ2n) is 9.77. The average Bonchev–Trinajstić information content (AvgIpc) is 3.61. The standard InChI is InChI=1S/C29H34N6O/c36-29(34-26-12-8-23(9-13-26)18-22-4-2-1-3-5-22)25-10-6-24(7-11-25)19-35(20-27-30-14-15-31-27)21-28-32-16-17-33-28/h6-17,22H,1-5,18-21H2,(H,30,31)(H,32,33)(H,34,36). The van der Waals surface area contributed by atoms with Crippen LogP contribution in [0.2, 0.25) is 0 Å². The number of hydrogen-bond donors (Lipinski definition) is 3. The monoisotopic (exact) mass is 482 g/mol. The minimum Gasteiger partial charge on any atom is -0.348 e. The number of aromatic amines is 2. The van der Waals surface area contributed by atoms with E-state index in [1.807, 2.05) is 48.8 Å². The first-order valence-corrected chi connectivity index (χ1v) is 12.9. The van der Waals surface area contributed by atoms with Gasteiger partial charge in [-0.2, -0.15) is 0 Å². The largest absolute Gasteiger partial charge is 0.348 e. The molecule has 0 spiro atoms. The lowest BCUT2D eigenvalue weighted by Crippen LogP contribution is -2.23. The van der Waals surface area contributed by atoms with Crippen molar-refractivity contribution in [3.63, 3.8) is 0 Å². The molecule has 5 rings (SSSR count). The molecule has 1 aliphatic rings. The first-order valence-electron chi connectivity index (χ1n) is 12.9. The molecule has 2 aromatic carbocycles. The van der Waals surface area contributed by atoms with Gasteiger partial charge in [0.25, 0.3) is 5.91 Å². The van der Waals surface area contributed by atoms with Crippen LogP contribution < -0.4 is 5.32 Å². The van der Waals surface area contributed by atoms with Crippen molar-refractivity contribution < 1.29 is 4.79 Å². The number of aromatic nitrogens is 4. The number of anilines is 1. The Hall–Kier alpha value is -3.71. The van der Waals surface area contributed by atoms with Crippen molar-refractivity contribution in [3.8, 4) is 0 Å². The minimum absolute atomic E-state index is 0.0930. The maximum atomic E-state index is 12.8. The van der Waals surface area contributed by atoms with Gasteiger partial charge in [0, 0.05) is 42.6 Å². The summed E-state index contributed by atoms with van der Waals surface area (Å²) in [4.78, 5) is 30.1. The Morgan fingerprint density at radius 2 is 1.42 bits per heavy atom. The lowest BCUT2D eigenvalue weighted by Gasteiger charge is -2.21. The third-order valence-electron chi connectivity index (χ3n) is 6.94. The summed E-state index contributed by atoms with van der Waals surface area (Å²) in [7, 11) is 0. The fraction of sp³-hybridized carbons (Fsp3) is 0.345. The number of nitrogens with one attached hydrogen (secondary N) is 3. The van der Waals surface area contributed by atoms with E-state index in [1.165, 1.54) is 37.7 Å². The fourth-order valence-corrected chi connectivity index (χ4v) is 5.03. The molecule has 0 unspecified atom stereocenters. The predicted molar refractivity (Wildman–Crippen MR) is 141 cm³/mol. The van der Waals surface area contributed by atoms with Crippen molar-refractivity contribution in [2.75, 3.05) is 5.32 Å². The number of imidazole rings is 2. The third-order valence-corrected chi connectivity index (χ3v) is 6.94. The SMILES string of the molecule is O=C(Nc1ccc(CC2CCCCC2)cc1)c1ccc(CN(Cc2ncc[nH]2)Cc2ncc[nH]2)cc1. The van der Waals surface area contributed by atoms with E-state index in [0.717, 1.165) is 35.2 Å². The summed E-state index contributed by atoms with van der Waals surface area (Å²) in [6.07, 6.45) is 15.1. The van der Waals surface area contributed by atoms with Gasteiger partial charge < -0.3 is 15.3 Å². The molecule has 4 aromatic rings. The van der Waals surface area contributed by atoms with Crippen molar-refractivity contribution >= 4 is 11.6 Å². The van der Waals surface area contributed by atoms with Crippen molar-refractivity contribution in [1.29, 1.82) is 0 Å². The Labute approximate surface area is 212 Å². The molecule has 36 heavy (non-hydrogen) atoms. The summed E-state index contributed by atoms with van der Waals surface area (Å²) in [5.41, 5.74) is 3.96. The number of benzene rings is 2. The molecular formula is C29H34N6O. The Bertz CT molecular complexity index is 1160. The van der Waals surface area contributed by atoms with Crippen molar-refractivity contribution in [2.24, 2.45) is 5.92 Å². The number of carbonyl (C=O) groups is 1. The second-order valence-corrected chi connectivity index (χ2v) is 9.77. The Kier molecular flexibility index (Phi) is 7.88. The lowest BCUT2D eigenvalue weighted by atomic mass is 9.85. The van der Waals surface area contributed by atoms with E-state index in [4.69, 9.17) is 0 Å². The number of hydrogen-bond acceptors (Lipinski definition) is 4. The lowest BCUT2D eigenvalue weighted by molar-refractivity contribution is 0.102. The molecule has 1 fully saturated rings. The van der Waals surface area contributed by atoms with E-state index >= 15 is 0 Å². The van der Waals surface area contributed by atoms with Gasteiger partial charge >= 0.3 is 0 Å². The molecule has 1 aliphatic carbocycles. The number of H-pyrrole nitrogens is 2. The van der Waals surface area contributed by atoms with Crippen LogP contribution in [0.15, 0.2) is 73.3 Å². The fourth-order valence-electron chi connectivity index (χ4n) is 5.03. The zero-order chi connectivity index (χ0) is 24.6. The minimum atomic E-state index is -0.0930. The smallest absolute Gasteiger partial charge is 0.255 e. The molecule has 7 nitrogen and oxygen atoms in total. The summed E-state index contributed by atoms with van der Waals surface area (Å²) in [5.74, 6) is 2.53. The van der Waals surface area contributed by atoms with Crippen LogP contribution in [-0.4, -0.2) is 30.7 Å². The van der Waals surface area contributed by atoms with Crippen molar-refractivity contribution in [2.45, 2.75) is 58.2 Å². The summed E-state index contributed by atoms with van der Waals surface area (Å²) in [6.45, 7) is 2.06. The van der Waals surface area contributed by atoms with Crippen LogP contribution in [0, 0.1) is 5.92 Å². The molecule has 0 radical (unpaired) electrons. The van der Waals surface area contributed by atoms with Gasteiger partial charge in [0.2, 0.25) is 0 Å². The van der Waals surface area contributed by atoms with E-state index in [2.05, 4.69) is 42.3 Å². The first-order chi connectivity index (χ1) is 17.7. The Morgan fingerprint density at radius 3 is 2.00 bits per heavy atom. The van der Waals surface area contributed by atoms with E-state index in [1.54, 1.807) is 12.4 Å². The number of nitrogens with zero attached hydrogens (tertiary/aromatic N) is 3. The second kappa shape index (κ2) is 11.8. The highest BCUT2D eigenvalue weighted by atomic mass is 16.1. The highest BCUT2D eigenvalue weighted by Crippen LogP contribution is 2.27. The van der Waals surface area contributed by atoms with E-state index in [9.17, 15) is 4.79 Å². The molecule has 0 aliphatic heterocycles. The summed E-state index contributed by atoms with van der Waals surface area (Å²) < 4.78 is 0. The molecule has 1 amide bonds. The zero-order valence-electron chi connectivity index (χ0n) is 20.6. The molecular weight excluding hydrogens is 448 g/mol. The van der Waals surface area contributed by atoms with Crippen LogP contribution in [-0.2, 0) is 26.1 Å². The first kappa shape index (κ1) is 24.0. The van der Waals surface area contributed by atoms with Gasteiger partial charge in [0.15, 0.2) is 0 Å². The molecule has 7 heteroatoms. The van der Waals surface area contributed by atoms with Crippen LogP contribution in [0.3, 0.4) is 0 Å². The van der Waals surface area contributed by atoms with Gasteiger partial charge in [-0.05, 0) is 47.7 Å². The van der Waals surface area contributed by atoms with Crippen molar-refractivity contribution in [3.05, 3.63) is 102 Å². The van der Waals surface area contributed by atoms with Gasteiger partial charge in [0.1, 0.15) is 11.6 Å². The molecule has 3 N–H and O–H groups in total. The Morgan fingerprint density at radius 1 is 0.806 bits per heavy atom. The molecule has 2 heterocycles. The average molecular weight is 483 g/mol. The van der Waals surface area contributed by atoms with Crippen LogP contribution in [0.1, 0.15) is 65.2 Å². The van der Waals surface area contributed by atoms with Crippen LogP contribution in [0.5, 0.6) is 0 Å². The third kappa shape index (κ3) is 6.70. The molecule has 0 atom stereocenters. The van der Waals surface area contributed by atoms with Gasteiger partial charge in [-0.3, -0.25) is 9.69 Å². The maximum absolute atomic E-state index is 12.8. The van der Waals surface area contributed by atoms with Crippen LogP contribution in [0.25, 0.3) is 0 Å².